The molecule has 1 saturated heterocycles. The molecule has 2 fully saturated rings. The van der Waals surface area contributed by atoms with Gasteiger partial charge in [0.1, 0.15) is 5.75 Å². The smallest absolute Gasteiger partial charge is 0.280 e. The molecule has 8 nitrogen and oxygen atoms in total. The summed E-state index contributed by atoms with van der Waals surface area (Å²) in [6.07, 6.45) is 7.87. The first-order valence-corrected chi connectivity index (χ1v) is 9.91. The van der Waals surface area contributed by atoms with E-state index in [0.29, 0.717) is 30.4 Å². The lowest BCUT2D eigenvalue weighted by Crippen LogP contribution is -2.54. The number of rotatable bonds is 8. The van der Waals surface area contributed by atoms with Crippen LogP contribution in [-0.4, -0.2) is 35.8 Å². The number of primary amides is 1. The summed E-state index contributed by atoms with van der Waals surface area (Å²) in [6.45, 7) is 0.246. The molecule has 0 aromatic heterocycles. The van der Waals surface area contributed by atoms with Crippen LogP contribution in [0.5, 0.6) is 5.75 Å². The van der Waals surface area contributed by atoms with Crippen LogP contribution in [0.3, 0.4) is 0 Å². The minimum Gasteiger partial charge on any atom is -0.494 e. The van der Waals surface area contributed by atoms with Gasteiger partial charge in [-0.2, -0.15) is 0 Å². The van der Waals surface area contributed by atoms with Crippen molar-refractivity contribution < 1.29 is 19.2 Å². The average Bonchev–Trinajstić information content (AvgIpc) is 2.70. The van der Waals surface area contributed by atoms with Crippen molar-refractivity contribution in [2.24, 2.45) is 17.6 Å². The zero-order valence-corrected chi connectivity index (χ0v) is 15.8. The van der Waals surface area contributed by atoms with Crippen molar-refractivity contribution in [2.45, 2.75) is 57.0 Å². The minimum absolute atomic E-state index is 0.0359. The second-order valence-corrected chi connectivity index (χ2v) is 7.74. The van der Waals surface area contributed by atoms with Crippen LogP contribution in [0.2, 0.25) is 0 Å². The number of aldehydes is 1. The van der Waals surface area contributed by atoms with E-state index in [9.17, 15) is 19.7 Å². The van der Waals surface area contributed by atoms with Crippen LogP contribution in [-0.2, 0) is 4.79 Å². The summed E-state index contributed by atoms with van der Waals surface area (Å²) in [7, 11) is 0. The Labute approximate surface area is 164 Å². The maximum Gasteiger partial charge on any atom is 0.280 e. The second kappa shape index (κ2) is 9.14. The van der Waals surface area contributed by atoms with E-state index >= 15 is 0 Å². The largest absolute Gasteiger partial charge is 0.494 e. The van der Waals surface area contributed by atoms with E-state index in [0.717, 1.165) is 19.3 Å². The fraction of sp³-hybridized carbons (Fsp3) is 0.600. The van der Waals surface area contributed by atoms with Gasteiger partial charge in [0.2, 0.25) is 5.91 Å². The van der Waals surface area contributed by atoms with Crippen molar-refractivity contribution in [3.8, 4) is 5.75 Å². The molecule has 1 aromatic carbocycles. The Balaban J connectivity index is 1.57. The maximum atomic E-state index is 12.0. The predicted molar refractivity (Wildman–Crippen MR) is 103 cm³/mol. The Hall–Kier alpha value is -2.48. The number of nitro groups is 1. The molecule has 0 spiro atoms. The highest BCUT2D eigenvalue weighted by molar-refractivity contribution is 5.82. The number of fused-ring (bicyclic) bond motifs is 1. The molecule has 4 atom stereocenters. The van der Waals surface area contributed by atoms with Crippen molar-refractivity contribution in [3.05, 3.63) is 33.9 Å². The molecule has 2 aliphatic rings. The van der Waals surface area contributed by atoms with E-state index in [1.165, 1.54) is 37.5 Å². The van der Waals surface area contributed by atoms with Crippen molar-refractivity contribution in [2.75, 3.05) is 6.61 Å². The number of hydrogen-bond acceptors (Lipinski definition) is 6. The van der Waals surface area contributed by atoms with E-state index in [1.54, 1.807) is 0 Å². The second-order valence-electron chi connectivity index (χ2n) is 7.74. The summed E-state index contributed by atoms with van der Waals surface area (Å²) in [5.41, 5.74) is 5.36. The highest BCUT2D eigenvalue weighted by atomic mass is 16.6. The summed E-state index contributed by atoms with van der Waals surface area (Å²) in [5, 5.41) is 14.5. The van der Waals surface area contributed by atoms with E-state index in [1.807, 2.05) is 0 Å². The first kappa shape index (κ1) is 20.3. The number of piperidine rings is 1. The Morgan fingerprint density at radius 1 is 1.32 bits per heavy atom. The number of amides is 1. The third-order valence-corrected chi connectivity index (χ3v) is 6.06. The Bertz CT molecular complexity index is 739. The fourth-order valence-electron chi connectivity index (χ4n) is 4.57. The summed E-state index contributed by atoms with van der Waals surface area (Å²) < 4.78 is 5.64. The van der Waals surface area contributed by atoms with Crippen molar-refractivity contribution >= 4 is 17.9 Å². The summed E-state index contributed by atoms with van der Waals surface area (Å²) in [4.78, 5) is 33.4. The Morgan fingerprint density at radius 3 is 2.82 bits per heavy atom. The maximum absolute atomic E-state index is 12.0. The average molecular weight is 389 g/mol. The molecule has 3 rings (SSSR count). The van der Waals surface area contributed by atoms with Gasteiger partial charge in [-0.25, -0.2) is 0 Å². The molecular weight excluding hydrogens is 362 g/mol. The summed E-state index contributed by atoms with van der Waals surface area (Å²) in [5.74, 6) is 0.399. The Kier molecular flexibility index (Phi) is 6.61. The zero-order chi connectivity index (χ0) is 20.1. The third kappa shape index (κ3) is 4.67. The van der Waals surface area contributed by atoms with Crippen LogP contribution in [0.15, 0.2) is 18.2 Å². The molecule has 3 N–H and O–H groups in total. The van der Waals surface area contributed by atoms with Crippen molar-refractivity contribution in [1.82, 2.24) is 5.32 Å². The van der Waals surface area contributed by atoms with Crippen LogP contribution in [0, 0.1) is 22.0 Å². The molecule has 4 unspecified atom stereocenters. The van der Waals surface area contributed by atoms with E-state index in [2.05, 4.69) is 5.32 Å². The molecule has 1 amide bonds. The zero-order valence-electron chi connectivity index (χ0n) is 15.8. The number of ether oxygens (including phenoxy) is 1. The van der Waals surface area contributed by atoms with Crippen LogP contribution in [0.25, 0.3) is 0 Å². The van der Waals surface area contributed by atoms with Gasteiger partial charge in [-0.15, -0.1) is 0 Å². The van der Waals surface area contributed by atoms with E-state index < -0.39 is 4.92 Å². The lowest BCUT2D eigenvalue weighted by Gasteiger charge is -2.42. The molecule has 0 bridgehead atoms. The number of nitrogens with two attached hydrogens (primary N) is 1. The Morgan fingerprint density at radius 2 is 2.11 bits per heavy atom. The number of carbonyl (C=O) groups excluding carboxylic acids is 2. The van der Waals surface area contributed by atoms with Crippen LogP contribution in [0.4, 0.5) is 5.69 Å². The number of carbonyl (C=O) groups is 2. The fourth-order valence-corrected chi connectivity index (χ4v) is 4.57. The van der Waals surface area contributed by atoms with Gasteiger partial charge in [-0.1, -0.05) is 12.8 Å². The first-order chi connectivity index (χ1) is 13.5. The molecule has 152 valence electrons. The lowest BCUT2D eigenvalue weighted by molar-refractivity contribution is -0.385. The molecule has 28 heavy (non-hydrogen) atoms. The molecule has 1 saturated carbocycles. The lowest BCUT2D eigenvalue weighted by atomic mass is 9.75. The van der Waals surface area contributed by atoms with E-state index in [-0.39, 0.29) is 35.7 Å². The summed E-state index contributed by atoms with van der Waals surface area (Å²) >= 11 is 0. The molecule has 1 aliphatic heterocycles. The third-order valence-electron chi connectivity index (χ3n) is 6.06. The van der Waals surface area contributed by atoms with Gasteiger partial charge in [0.15, 0.2) is 6.29 Å². The molecule has 1 aliphatic carbocycles. The number of benzene rings is 1. The number of nitro benzene ring substituents is 1. The standard InChI is InChI=1S/C20H27N3O5/c21-20(25)16(18-7-5-13-3-1-2-4-17(13)22-18)9-10-28-15-6-8-19(23(26)27)14(11-15)12-24/h6,8,11-13,16-18,22H,1-5,7,9-10H2,(H2,21,25). The van der Waals surface area contributed by atoms with Crippen molar-refractivity contribution in [3.63, 3.8) is 0 Å². The van der Waals surface area contributed by atoms with Gasteiger partial charge >= 0.3 is 0 Å². The van der Waals surface area contributed by atoms with Gasteiger partial charge in [0.05, 0.1) is 23.0 Å². The normalized spacial score (nSPS) is 25.4. The predicted octanol–water partition coefficient (Wildman–Crippen LogP) is 2.59. The van der Waals surface area contributed by atoms with Crippen LogP contribution < -0.4 is 15.8 Å². The number of nitrogens with one attached hydrogen (secondary N) is 1. The highest BCUT2D eigenvalue weighted by Gasteiger charge is 2.36. The van der Waals surface area contributed by atoms with Gasteiger partial charge in [0.25, 0.3) is 5.69 Å². The number of hydrogen-bond donors (Lipinski definition) is 2. The van der Waals surface area contributed by atoms with Gasteiger partial charge in [-0.3, -0.25) is 19.7 Å². The van der Waals surface area contributed by atoms with Crippen molar-refractivity contribution in [1.29, 1.82) is 0 Å². The topological polar surface area (TPSA) is 125 Å². The molecule has 1 aromatic rings. The van der Waals surface area contributed by atoms with Gasteiger partial charge in [-0.05, 0) is 50.2 Å². The van der Waals surface area contributed by atoms with E-state index in [4.69, 9.17) is 10.5 Å². The van der Waals surface area contributed by atoms with Crippen LogP contribution >= 0.6 is 0 Å². The van der Waals surface area contributed by atoms with Gasteiger partial charge < -0.3 is 15.8 Å². The van der Waals surface area contributed by atoms with Crippen LogP contribution in [0.1, 0.15) is 55.3 Å². The molecule has 1 heterocycles. The quantitative estimate of drug-likeness (QED) is 0.400. The molecule has 8 heteroatoms. The molecule has 0 radical (unpaired) electrons. The first-order valence-electron chi connectivity index (χ1n) is 9.91. The van der Waals surface area contributed by atoms with Gasteiger partial charge in [0, 0.05) is 18.2 Å². The molecular formula is C20H27N3O5. The number of nitrogens with zero attached hydrogens (tertiary/aromatic N) is 1. The minimum atomic E-state index is -0.607. The monoisotopic (exact) mass is 389 g/mol. The highest BCUT2D eigenvalue weighted by Crippen LogP contribution is 2.34. The summed E-state index contributed by atoms with van der Waals surface area (Å²) in [6, 6.07) is 4.57. The SMILES string of the molecule is NC(=O)C(CCOc1ccc([N+](=O)[O-])c(C=O)c1)C1CCC2CCCCC2N1.